The van der Waals surface area contributed by atoms with Gasteiger partial charge in [0.1, 0.15) is 5.67 Å². The van der Waals surface area contributed by atoms with Crippen molar-refractivity contribution < 1.29 is 5.82 Å². The van der Waals surface area contributed by atoms with Gasteiger partial charge >= 0.3 is 0 Å². The highest BCUT2D eigenvalue weighted by atomic mass is 19.1. The molecule has 0 radical (unpaired) electrons. The minimum absolute atomic E-state index is 0. The maximum atomic E-state index is 14.3. The van der Waals surface area contributed by atoms with E-state index in [0.29, 0.717) is 24.9 Å². The van der Waals surface area contributed by atoms with Gasteiger partial charge in [-0.15, -0.1) is 0 Å². The lowest BCUT2D eigenvalue weighted by atomic mass is 9.94. The van der Waals surface area contributed by atoms with Gasteiger partial charge in [-0.1, -0.05) is 13.8 Å². The second-order valence-electron chi connectivity index (χ2n) is 5.01. The number of likely N-dealkylation sites (tertiary alicyclic amines) is 1. The predicted octanol–water partition coefficient (Wildman–Crippen LogP) is 1.27. The van der Waals surface area contributed by atoms with Crippen LogP contribution in [0.3, 0.4) is 0 Å². The number of hydrogen-bond donors (Lipinski definition) is 1. The Balaban J connectivity index is 0.000000980. The van der Waals surface area contributed by atoms with E-state index in [-0.39, 0.29) is 7.47 Å². The zero-order chi connectivity index (χ0) is 9.64. The molecule has 2 nitrogen and oxygen atoms in total. The lowest BCUT2D eigenvalue weighted by Crippen LogP contribution is -2.39. The van der Waals surface area contributed by atoms with Crippen molar-refractivity contribution in [2.75, 3.05) is 20.1 Å². The van der Waals surface area contributed by atoms with E-state index in [2.05, 4.69) is 24.1 Å². The number of rotatable bonds is 1. The highest BCUT2D eigenvalue weighted by Crippen LogP contribution is 2.37. The molecule has 2 heterocycles. The van der Waals surface area contributed by atoms with Gasteiger partial charge in [-0.05, 0) is 19.4 Å². The van der Waals surface area contributed by atoms with Crippen LogP contribution in [0.1, 0.15) is 21.7 Å². The maximum Gasteiger partial charge on any atom is 0.141 e. The number of fused-ring (bicyclic) bond motifs is 1. The van der Waals surface area contributed by atoms with E-state index in [4.69, 9.17) is 0 Å². The van der Waals surface area contributed by atoms with Crippen LogP contribution in [0.25, 0.3) is 0 Å². The molecule has 0 spiro atoms. The lowest BCUT2D eigenvalue weighted by Gasteiger charge is -2.19. The van der Waals surface area contributed by atoms with Crippen molar-refractivity contribution in [3.8, 4) is 0 Å². The average molecular weight is 188 g/mol. The highest BCUT2D eigenvalue weighted by molar-refractivity contribution is 5.10. The van der Waals surface area contributed by atoms with Crippen LogP contribution in [0, 0.1) is 5.92 Å². The van der Waals surface area contributed by atoms with Crippen molar-refractivity contribution in [3.05, 3.63) is 0 Å². The summed E-state index contributed by atoms with van der Waals surface area (Å²) in [7, 11) is 1.99. The van der Waals surface area contributed by atoms with Gasteiger partial charge < -0.3 is 10.2 Å². The molecule has 2 fully saturated rings. The van der Waals surface area contributed by atoms with Gasteiger partial charge in [0.05, 0.1) is 6.04 Å². The molecule has 1 unspecified atom stereocenters. The smallest absolute Gasteiger partial charge is 0.141 e. The van der Waals surface area contributed by atoms with Gasteiger partial charge in [0.25, 0.3) is 0 Å². The number of nitrogens with zero attached hydrogens (tertiary/aromatic N) is 1. The van der Waals surface area contributed by atoms with Crippen LogP contribution in [-0.4, -0.2) is 42.8 Å². The summed E-state index contributed by atoms with van der Waals surface area (Å²) in [5.41, 5.74) is -0.955. The molecule has 0 aromatic rings. The molecule has 0 aromatic carbocycles. The van der Waals surface area contributed by atoms with Crippen LogP contribution < -0.4 is 5.32 Å². The molecule has 1 N–H and O–H groups in total. The fourth-order valence-electron chi connectivity index (χ4n) is 2.62. The molecule has 3 atom stereocenters. The van der Waals surface area contributed by atoms with Gasteiger partial charge in [-0.2, -0.15) is 0 Å². The fourth-order valence-corrected chi connectivity index (χ4v) is 2.62. The second kappa shape index (κ2) is 2.92. The van der Waals surface area contributed by atoms with Crippen LogP contribution in [0.4, 0.5) is 4.39 Å². The molecule has 2 aliphatic heterocycles. The number of nitrogens with one attached hydrogen (secondary N) is 1. The molecule has 0 aliphatic carbocycles. The largest absolute Gasteiger partial charge is 0.307 e. The normalized spacial score (nSPS) is 45.9. The highest BCUT2D eigenvalue weighted by Gasteiger charge is 2.53. The number of halogens is 1. The molecule has 2 aliphatic rings. The third-order valence-corrected chi connectivity index (χ3v) is 3.43. The van der Waals surface area contributed by atoms with Crippen LogP contribution in [0.15, 0.2) is 0 Å². The van der Waals surface area contributed by atoms with Crippen molar-refractivity contribution >= 4 is 0 Å². The average Bonchev–Trinajstić information content (AvgIpc) is 2.38. The first kappa shape index (κ1) is 9.41. The molecular weight excluding hydrogens is 167 g/mol. The van der Waals surface area contributed by atoms with Crippen molar-refractivity contribution in [1.82, 2.24) is 10.2 Å². The summed E-state index contributed by atoms with van der Waals surface area (Å²) >= 11 is 0. The van der Waals surface area contributed by atoms with E-state index in [1.54, 1.807) is 0 Å². The summed E-state index contributed by atoms with van der Waals surface area (Å²) in [5.74, 6) is 0.545. The van der Waals surface area contributed by atoms with E-state index in [9.17, 15) is 4.39 Å². The van der Waals surface area contributed by atoms with Gasteiger partial charge in [-0.3, -0.25) is 0 Å². The summed E-state index contributed by atoms with van der Waals surface area (Å²) in [6.07, 6.45) is 0.694. The van der Waals surface area contributed by atoms with E-state index < -0.39 is 5.67 Å². The minimum atomic E-state index is -0.955. The summed E-state index contributed by atoms with van der Waals surface area (Å²) in [4.78, 5) is 2.08. The third kappa shape index (κ3) is 1.48. The molecular formula is C10H21FN2. The van der Waals surface area contributed by atoms with Gasteiger partial charge in [-0.25, -0.2) is 4.39 Å². The Morgan fingerprint density at radius 1 is 1.62 bits per heavy atom. The van der Waals surface area contributed by atoms with Gasteiger partial charge in [0.2, 0.25) is 0 Å². The van der Waals surface area contributed by atoms with Crippen LogP contribution in [0.5, 0.6) is 0 Å². The molecule has 0 bridgehead atoms. The topological polar surface area (TPSA) is 15.3 Å². The number of likely N-dealkylation sites (N-methyl/N-ethyl adjacent to an activating group) is 1. The van der Waals surface area contributed by atoms with Gasteiger partial charge in [0.15, 0.2) is 0 Å². The molecule has 78 valence electrons. The maximum absolute atomic E-state index is 14.3. The third-order valence-electron chi connectivity index (χ3n) is 3.43. The molecule has 2 rings (SSSR count). The second-order valence-corrected chi connectivity index (χ2v) is 5.01. The van der Waals surface area contributed by atoms with Crippen LogP contribution in [0.2, 0.25) is 0 Å². The van der Waals surface area contributed by atoms with E-state index in [1.165, 1.54) is 0 Å². The van der Waals surface area contributed by atoms with E-state index in [0.717, 1.165) is 6.54 Å². The summed E-state index contributed by atoms with van der Waals surface area (Å²) in [6.45, 7) is 5.78. The SMILES string of the molecule is CC(C)C1C[C@]2(F)CN(C)C[C@@H]2N1.[HH]. The summed E-state index contributed by atoms with van der Waals surface area (Å²) < 4.78 is 14.3. The molecule has 0 saturated carbocycles. The first-order valence-corrected chi connectivity index (χ1v) is 5.15. The van der Waals surface area contributed by atoms with E-state index in [1.807, 2.05) is 7.05 Å². The van der Waals surface area contributed by atoms with Crippen molar-refractivity contribution in [2.24, 2.45) is 5.92 Å². The molecule has 2 saturated heterocycles. The Morgan fingerprint density at radius 2 is 2.31 bits per heavy atom. The zero-order valence-corrected chi connectivity index (χ0v) is 8.68. The Morgan fingerprint density at radius 3 is 2.85 bits per heavy atom. The monoisotopic (exact) mass is 188 g/mol. The van der Waals surface area contributed by atoms with E-state index >= 15 is 0 Å². The lowest BCUT2D eigenvalue weighted by molar-refractivity contribution is 0.166. The number of hydrogen-bond acceptors (Lipinski definition) is 2. The quantitative estimate of drug-likeness (QED) is 0.666. The van der Waals surface area contributed by atoms with Crippen LogP contribution in [-0.2, 0) is 0 Å². The van der Waals surface area contributed by atoms with Crippen LogP contribution >= 0.6 is 0 Å². The van der Waals surface area contributed by atoms with Gasteiger partial charge in [0, 0.05) is 20.6 Å². The number of alkyl halides is 1. The Bertz CT molecular complexity index is 212. The zero-order valence-electron chi connectivity index (χ0n) is 8.68. The Labute approximate surface area is 81.0 Å². The van der Waals surface area contributed by atoms with Crippen molar-refractivity contribution in [2.45, 2.75) is 38.0 Å². The molecule has 13 heavy (non-hydrogen) atoms. The minimum Gasteiger partial charge on any atom is -0.307 e. The van der Waals surface area contributed by atoms with Crippen molar-refractivity contribution in [1.29, 1.82) is 0 Å². The summed E-state index contributed by atoms with van der Waals surface area (Å²) in [5, 5.41) is 3.41. The van der Waals surface area contributed by atoms with Crippen molar-refractivity contribution in [3.63, 3.8) is 0 Å². The molecule has 3 heteroatoms. The Hall–Kier alpha value is -0.150. The molecule has 0 amide bonds. The predicted molar refractivity (Wildman–Crippen MR) is 53.6 cm³/mol. The fraction of sp³-hybridized carbons (Fsp3) is 1.00. The summed E-state index contributed by atoms with van der Waals surface area (Å²) in [6, 6.07) is 0.452. The molecule has 0 aromatic heterocycles. The first-order valence-electron chi connectivity index (χ1n) is 5.15. The Kier molecular flexibility index (Phi) is 2.11. The standard InChI is InChI=1S/C10H19FN2.H2/c1-7(2)8-4-10(11)6-13(3)5-9(10)12-8;/h7-9,12H,4-6H2,1-3H3;1H/t8?,9-,10-;/m0./s1. The first-order chi connectivity index (χ1) is 6.01.